The first-order valence-corrected chi connectivity index (χ1v) is 10.1. The third-order valence-corrected chi connectivity index (χ3v) is 5.15. The first-order valence-electron chi connectivity index (χ1n) is 10.1. The van der Waals surface area contributed by atoms with Crippen LogP contribution >= 0.6 is 0 Å². The predicted molar refractivity (Wildman–Crippen MR) is 108 cm³/mol. The zero-order valence-corrected chi connectivity index (χ0v) is 16.6. The minimum atomic E-state index is 0.184. The van der Waals surface area contributed by atoms with E-state index in [0.29, 0.717) is 12.5 Å². The zero-order chi connectivity index (χ0) is 19.1. The second-order valence-electron chi connectivity index (χ2n) is 7.70. The molecule has 0 N–H and O–H groups in total. The number of piperidine rings is 1. The monoisotopic (exact) mass is 372 g/mol. The second-order valence-corrected chi connectivity index (χ2v) is 7.70. The molecule has 2 aliphatic heterocycles. The number of hydrogen-bond acceptors (Lipinski definition) is 4. The summed E-state index contributed by atoms with van der Waals surface area (Å²) in [6.07, 6.45) is 6.73. The molecule has 5 heteroatoms. The lowest BCUT2D eigenvalue weighted by Crippen LogP contribution is -2.46. The Morgan fingerprint density at radius 1 is 1.22 bits per heavy atom. The molecule has 3 rings (SSSR count). The summed E-state index contributed by atoms with van der Waals surface area (Å²) in [5.74, 6) is 1.71. The predicted octanol–water partition coefficient (Wildman–Crippen LogP) is 3.06. The van der Waals surface area contributed by atoms with Crippen molar-refractivity contribution >= 4 is 12.0 Å². The lowest BCUT2D eigenvalue weighted by atomic mass is 9.95. The highest BCUT2D eigenvalue weighted by Crippen LogP contribution is 2.21. The van der Waals surface area contributed by atoms with Crippen LogP contribution in [-0.4, -0.2) is 67.7 Å². The van der Waals surface area contributed by atoms with Crippen LogP contribution in [0.25, 0.3) is 6.08 Å². The Kier molecular flexibility index (Phi) is 7.30. The molecule has 0 atom stereocenters. The van der Waals surface area contributed by atoms with Gasteiger partial charge >= 0.3 is 0 Å². The number of allylic oxidation sites excluding steroid dienone is 1. The number of hydrogen-bond donors (Lipinski definition) is 0. The van der Waals surface area contributed by atoms with Gasteiger partial charge in [-0.15, -0.1) is 0 Å². The summed E-state index contributed by atoms with van der Waals surface area (Å²) < 4.78 is 11.1. The lowest BCUT2D eigenvalue weighted by molar-refractivity contribution is -0.134. The topological polar surface area (TPSA) is 42.0 Å². The Labute approximate surface area is 162 Å². The minimum Gasteiger partial charge on any atom is -0.491 e. The highest BCUT2D eigenvalue weighted by atomic mass is 16.5. The van der Waals surface area contributed by atoms with Gasteiger partial charge < -0.3 is 14.4 Å². The van der Waals surface area contributed by atoms with Gasteiger partial charge in [0.25, 0.3) is 0 Å². The van der Waals surface area contributed by atoms with E-state index in [2.05, 4.69) is 29.2 Å². The summed E-state index contributed by atoms with van der Waals surface area (Å²) in [5, 5.41) is 0. The van der Waals surface area contributed by atoms with Crippen LogP contribution in [0.4, 0.5) is 0 Å². The molecule has 2 heterocycles. The number of benzene rings is 1. The molecule has 0 unspecified atom stereocenters. The minimum absolute atomic E-state index is 0.184. The van der Waals surface area contributed by atoms with Gasteiger partial charge in [-0.3, -0.25) is 9.69 Å². The normalized spacial score (nSPS) is 19.7. The van der Waals surface area contributed by atoms with Gasteiger partial charge in [0, 0.05) is 26.2 Å². The van der Waals surface area contributed by atoms with Crippen LogP contribution in [0.15, 0.2) is 30.3 Å². The first-order chi connectivity index (χ1) is 13.1. The van der Waals surface area contributed by atoms with E-state index in [9.17, 15) is 4.79 Å². The standard InChI is InChI=1S/C22H32N2O3/c1-18(2)27-21-5-3-4-20(16-21)7-6-19-8-10-24(11-9-19)22(25)17-23-12-14-26-15-13-23/h3-7,16,18-19H,8-15,17H2,1-2H3. The molecule has 1 aromatic rings. The summed E-state index contributed by atoms with van der Waals surface area (Å²) in [6, 6.07) is 8.21. The van der Waals surface area contributed by atoms with Crippen molar-refractivity contribution in [3.05, 3.63) is 35.9 Å². The van der Waals surface area contributed by atoms with Crippen molar-refractivity contribution in [3.63, 3.8) is 0 Å². The fourth-order valence-electron chi connectivity index (χ4n) is 3.60. The molecule has 27 heavy (non-hydrogen) atoms. The number of amides is 1. The third-order valence-electron chi connectivity index (χ3n) is 5.15. The molecule has 0 bridgehead atoms. The average Bonchev–Trinajstić information content (AvgIpc) is 2.67. The molecular weight excluding hydrogens is 340 g/mol. The van der Waals surface area contributed by atoms with Crippen molar-refractivity contribution < 1.29 is 14.3 Å². The Morgan fingerprint density at radius 2 is 1.96 bits per heavy atom. The van der Waals surface area contributed by atoms with E-state index in [1.165, 1.54) is 5.56 Å². The molecule has 2 aliphatic rings. The number of carbonyl (C=O) groups excluding carboxylic acids is 1. The molecule has 148 valence electrons. The van der Waals surface area contributed by atoms with Crippen LogP contribution in [-0.2, 0) is 9.53 Å². The van der Waals surface area contributed by atoms with Crippen molar-refractivity contribution in [1.82, 2.24) is 9.80 Å². The Balaban J connectivity index is 1.45. The molecule has 0 saturated carbocycles. The molecular formula is C22H32N2O3. The van der Waals surface area contributed by atoms with E-state index in [0.717, 1.165) is 58.0 Å². The smallest absolute Gasteiger partial charge is 0.236 e. The molecule has 0 spiro atoms. The number of morpholine rings is 1. The number of carbonyl (C=O) groups is 1. The highest BCUT2D eigenvalue weighted by Gasteiger charge is 2.23. The van der Waals surface area contributed by atoms with Gasteiger partial charge in [0.2, 0.25) is 5.91 Å². The summed E-state index contributed by atoms with van der Waals surface area (Å²) in [6.45, 7) is 9.53. The summed E-state index contributed by atoms with van der Waals surface area (Å²) in [4.78, 5) is 16.7. The van der Waals surface area contributed by atoms with Gasteiger partial charge in [0.15, 0.2) is 0 Å². The summed E-state index contributed by atoms with van der Waals surface area (Å²) in [5.41, 5.74) is 1.17. The van der Waals surface area contributed by atoms with E-state index >= 15 is 0 Å². The number of ether oxygens (including phenoxy) is 2. The van der Waals surface area contributed by atoms with Crippen molar-refractivity contribution in [1.29, 1.82) is 0 Å². The maximum Gasteiger partial charge on any atom is 0.236 e. The molecule has 1 aromatic carbocycles. The Bertz CT molecular complexity index is 630. The molecule has 2 fully saturated rings. The number of likely N-dealkylation sites (tertiary alicyclic amines) is 1. The van der Waals surface area contributed by atoms with Gasteiger partial charge in [0.1, 0.15) is 5.75 Å². The van der Waals surface area contributed by atoms with Crippen LogP contribution in [0.2, 0.25) is 0 Å². The average molecular weight is 373 g/mol. The highest BCUT2D eigenvalue weighted by molar-refractivity contribution is 5.78. The third kappa shape index (κ3) is 6.36. The maximum absolute atomic E-state index is 12.5. The maximum atomic E-state index is 12.5. The van der Waals surface area contributed by atoms with Gasteiger partial charge in [0.05, 0.1) is 25.9 Å². The molecule has 1 amide bonds. The van der Waals surface area contributed by atoms with Crippen LogP contribution in [0.3, 0.4) is 0 Å². The number of rotatable bonds is 6. The second kappa shape index (κ2) is 9.90. The number of nitrogens with zero attached hydrogens (tertiary/aromatic N) is 2. The van der Waals surface area contributed by atoms with Gasteiger partial charge in [-0.05, 0) is 50.3 Å². The van der Waals surface area contributed by atoms with Crippen molar-refractivity contribution in [2.75, 3.05) is 45.9 Å². The molecule has 0 aliphatic carbocycles. The van der Waals surface area contributed by atoms with Crippen LogP contribution < -0.4 is 4.74 Å². The molecule has 0 radical (unpaired) electrons. The summed E-state index contributed by atoms with van der Waals surface area (Å²) >= 11 is 0. The van der Waals surface area contributed by atoms with E-state index in [4.69, 9.17) is 9.47 Å². The quantitative estimate of drug-likeness (QED) is 0.770. The van der Waals surface area contributed by atoms with Gasteiger partial charge in [-0.1, -0.05) is 24.3 Å². The molecule has 5 nitrogen and oxygen atoms in total. The van der Waals surface area contributed by atoms with Gasteiger partial charge in [-0.25, -0.2) is 0 Å². The fraction of sp³-hybridized carbons (Fsp3) is 0.591. The molecule has 2 saturated heterocycles. The van der Waals surface area contributed by atoms with Crippen LogP contribution in [0.5, 0.6) is 5.75 Å². The van der Waals surface area contributed by atoms with E-state index < -0.39 is 0 Å². The van der Waals surface area contributed by atoms with Crippen LogP contribution in [0, 0.1) is 5.92 Å². The van der Waals surface area contributed by atoms with Gasteiger partial charge in [-0.2, -0.15) is 0 Å². The fourth-order valence-corrected chi connectivity index (χ4v) is 3.60. The van der Waals surface area contributed by atoms with E-state index in [1.807, 2.05) is 30.9 Å². The van der Waals surface area contributed by atoms with Crippen molar-refractivity contribution in [2.45, 2.75) is 32.8 Å². The Hall–Kier alpha value is -1.85. The first kappa shape index (κ1) is 19.9. The Morgan fingerprint density at radius 3 is 2.67 bits per heavy atom. The SMILES string of the molecule is CC(C)Oc1cccc(C=CC2CCN(C(=O)CN3CCOCC3)CC2)c1. The van der Waals surface area contributed by atoms with Crippen molar-refractivity contribution in [2.24, 2.45) is 5.92 Å². The van der Waals surface area contributed by atoms with E-state index in [1.54, 1.807) is 0 Å². The largest absolute Gasteiger partial charge is 0.491 e. The van der Waals surface area contributed by atoms with Crippen LogP contribution in [0.1, 0.15) is 32.3 Å². The van der Waals surface area contributed by atoms with E-state index in [-0.39, 0.29) is 12.0 Å². The lowest BCUT2D eigenvalue weighted by Gasteiger charge is -2.33. The van der Waals surface area contributed by atoms with Crippen molar-refractivity contribution in [3.8, 4) is 5.75 Å². The summed E-state index contributed by atoms with van der Waals surface area (Å²) in [7, 11) is 0. The zero-order valence-electron chi connectivity index (χ0n) is 16.6. The molecule has 0 aromatic heterocycles.